The minimum atomic E-state index is -0.0434. The molecule has 2 aliphatic rings. The van der Waals surface area contributed by atoms with Crippen molar-refractivity contribution in [3.63, 3.8) is 0 Å². The number of carbonyl (C=O) groups is 1. The highest BCUT2D eigenvalue weighted by molar-refractivity contribution is 5.88. The monoisotopic (exact) mass is 410 g/mol. The van der Waals surface area contributed by atoms with Crippen molar-refractivity contribution in [1.82, 2.24) is 14.9 Å². The lowest BCUT2D eigenvalue weighted by Gasteiger charge is -2.33. The summed E-state index contributed by atoms with van der Waals surface area (Å²) in [4.78, 5) is 24.9. The van der Waals surface area contributed by atoms with Crippen LogP contribution in [-0.4, -0.2) is 66.2 Å². The number of nitrogens with one attached hydrogen (secondary N) is 2. The minimum Gasteiger partial charge on any atom is -0.378 e. The minimum absolute atomic E-state index is 0.0434. The van der Waals surface area contributed by atoms with Crippen LogP contribution in [0.5, 0.6) is 0 Å². The van der Waals surface area contributed by atoms with Gasteiger partial charge in [0.25, 0.3) is 0 Å². The number of aromatic nitrogens is 2. The summed E-state index contributed by atoms with van der Waals surface area (Å²) < 4.78 is 5.41. The van der Waals surface area contributed by atoms with Gasteiger partial charge in [-0.15, -0.1) is 0 Å². The van der Waals surface area contributed by atoms with Crippen LogP contribution in [0.1, 0.15) is 25.3 Å². The van der Waals surface area contributed by atoms with Crippen molar-refractivity contribution < 1.29 is 9.53 Å². The van der Waals surface area contributed by atoms with Crippen LogP contribution in [0.25, 0.3) is 0 Å². The fourth-order valence-electron chi connectivity index (χ4n) is 3.94. The maximum Gasteiger partial charge on any atom is 0.227 e. The predicted octanol–water partition coefficient (Wildman–Crippen LogP) is 2.35. The van der Waals surface area contributed by atoms with E-state index in [1.54, 1.807) is 0 Å². The number of piperidine rings is 1. The zero-order valence-corrected chi connectivity index (χ0v) is 17.5. The highest BCUT2D eigenvalue weighted by Gasteiger charge is 2.20. The molecule has 30 heavy (non-hydrogen) atoms. The molecule has 1 aromatic carbocycles. The van der Waals surface area contributed by atoms with Gasteiger partial charge in [0.2, 0.25) is 11.9 Å². The number of carbonyl (C=O) groups excluding carboxylic acids is 1. The fourth-order valence-corrected chi connectivity index (χ4v) is 3.94. The van der Waals surface area contributed by atoms with Gasteiger partial charge in [-0.05, 0) is 36.6 Å². The average Bonchev–Trinajstić information content (AvgIpc) is 2.77. The lowest BCUT2D eigenvalue weighted by Crippen LogP contribution is -2.39. The number of nitrogens with zero attached hydrogens (tertiary/aromatic N) is 4. The third-order valence-corrected chi connectivity index (χ3v) is 5.56. The maximum atomic E-state index is 11.1. The van der Waals surface area contributed by atoms with E-state index in [-0.39, 0.29) is 5.91 Å². The summed E-state index contributed by atoms with van der Waals surface area (Å²) in [6, 6.07) is 10.5. The van der Waals surface area contributed by atoms with Crippen LogP contribution in [0.15, 0.2) is 36.5 Å². The molecule has 3 heterocycles. The highest BCUT2D eigenvalue weighted by atomic mass is 16.5. The molecule has 1 amide bonds. The molecule has 0 bridgehead atoms. The van der Waals surface area contributed by atoms with Gasteiger partial charge in [-0.25, -0.2) is 4.98 Å². The van der Waals surface area contributed by atoms with E-state index in [0.717, 1.165) is 76.2 Å². The van der Waals surface area contributed by atoms with Crippen molar-refractivity contribution in [3.05, 3.63) is 42.1 Å². The lowest BCUT2D eigenvalue weighted by molar-refractivity contribution is -0.114. The Bertz CT molecular complexity index is 830. The molecule has 0 atom stereocenters. The number of morpholine rings is 1. The smallest absolute Gasteiger partial charge is 0.227 e. The summed E-state index contributed by atoms with van der Waals surface area (Å²) in [5, 5.41) is 6.40. The Balaban J connectivity index is 1.25. The first-order valence-electron chi connectivity index (χ1n) is 10.7. The first kappa shape index (κ1) is 20.6. The topological polar surface area (TPSA) is 82.6 Å². The maximum absolute atomic E-state index is 11.1. The molecule has 8 heteroatoms. The molecule has 0 spiro atoms. The van der Waals surface area contributed by atoms with E-state index in [9.17, 15) is 4.79 Å². The van der Waals surface area contributed by atoms with Crippen molar-refractivity contribution in [2.75, 3.05) is 54.9 Å². The van der Waals surface area contributed by atoms with E-state index < -0.39 is 0 Å². The van der Waals surface area contributed by atoms with E-state index in [1.165, 1.54) is 12.5 Å². The second kappa shape index (κ2) is 9.86. The van der Waals surface area contributed by atoms with Crippen LogP contribution in [0.4, 0.5) is 17.5 Å². The summed E-state index contributed by atoms with van der Waals surface area (Å²) in [5.41, 5.74) is 2.11. The van der Waals surface area contributed by atoms with Crippen LogP contribution in [0.2, 0.25) is 0 Å². The van der Waals surface area contributed by atoms with E-state index in [0.29, 0.717) is 6.04 Å². The third kappa shape index (κ3) is 5.67. The Labute approximate surface area is 177 Å². The number of amides is 1. The van der Waals surface area contributed by atoms with Gasteiger partial charge in [0, 0.05) is 57.6 Å². The Hall–Kier alpha value is -2.71. The molecular formula is C22H30N6O2. The first-order chi connectivity index (χ1) is 14.7. The molecule has 160 valence electrons. The normalized spacial score (nSPS) is 18.2. The van der Waals surface area contributed by atoms with Crippen LogP contribution in [0, 0.1) is 0 Å². The van der Waals surface area contributed by atoms with E-state index in [2.05, 4.69) is 37.6 Å². The first-order valence-corrected chi connectivity index (χ1v) is 10.7. The Morgan fingerprint density at radius 3 is 2.53 bits per heavy atom. The van der Waals surface area contributed by atoms with Crippen LogP contribution < -0.4 is 15.5 Å². The largest absolute Gasteiger partial charge is 0.378 e. The van der Waals surface area contributed by atoms with Gasteiger partial charge in [-0.2, -0.15) is 4.98 Å². The Morgan fingerprint density at radius 2 is 1.83 bits per heavy atom. The average molecular weight is 411 g/mol. The molecule has 8 nitrogen and oxygen atoms in total. The molecular weight excluding hydrogens is 380 g/mol. The van der Waals surface area contributed by atoms with Crippen LogP contribution >= 0.6 is 0 Å². The second-order valence-electron chi connectivity index (χ2n) is 7.91. The second-order valence-corrected chi connectivity index (χ2v) is 7.91. The molecule has 4 rings (SSSR count). The van der Waals surface area contributed by atoms with Gasteiger partial charge in [0.1, 0.15) is 5.82 Å². The van der Waals surface area contributed by atoms with E-state index in [1.807, 2.05) is 24.4 Å². The number of ether oxygens (including phenoxy) is 1. The van der Waals surface area contributed by atoms with Gasteiger partial charge in [-0.1, -0.05) is 12.1 Å². The third-order valence-electron chi connectivity index (χ3n) is 5.56. The van der Waals surface area contributed by atoms with Crippen molar-refractivity contribution in [1.29, 1.82) is 0 Å². The standard InChI is InChI=1S/C22H30N6O2/c1-17(29)24-19-4-2-18(3-5-19)16-27-10-7-20(8-11-27)25-21-6-9-23-22(26-21)28-12-14-30-15-13-28/h2-6,9,20H,7-8,10-16H2,1H3,(H,24,29)(H,23,25,26). The number of anilines is 3. The zero-order chi connectivity index (χ0) is 20.8. The van der Waals surface area contributed by atoms with Crippen molar-refractivity contribution in [3.8, 4) is 0 Å². The SMILES string of the molecule is CC(=O)Nc1ccc(CN2CCC(Nc3ccnc(N4CCOCC4)n3)CC2)cc1. The van der Waals surface area contributed by atoms with Crippen molar-refractivity contribution >= 4 is 23.4 Å². The number of benzene rings is 1. The van der Waals surface area contributed by atoms with Gasteiger partial charge in [0.05, 0.1) is 13.2 Å². The molecule has 2 aromatic rings. The number of hydrogen-bond donors (Lipinski definition) is 2. The van der Waals surface area contributed by atoms with Gasteiger partial charge in [-0.3, -0.25) is 9.69 Å². The molecule has 2 aliphatic heterocycles. The summed E-state index contributed by atoms with van der Waals surface area (Å²) in [5.74, 6) is 1.64. The summed E-state index contributed by atoms with van der Waals surface area (Å²) in [6.07, 6.45) is 4.00. The highest BCUT2D eigenvalue weighted by Crippen LogP contribution is 2.19. The molecule has 0 radical (unpaired) electrons. The molecule has 2 fully saturated rings. The van der Waals surface area contributed by atoms with Crippen LogP contribution in [-0.2, 0) is 16.1 Å². The van der Waals surface area contributed by atoms with Gasteiger partial charge < -0.3 is 20.3 Å². The summed E-state index contributed by atoms with van der Waals surface area (Å²) in [7, 11) is 0. The van der Waals surface area contributed by atoms with Crippen molar-refractivity contribution in [2.45, 2.75) is 32.4 Å². The molecule has 2 N–H and O–H groups in total. The van der Waals surface area contributed by atoms with Crippen LogP contribution in [0.3, 0.4) is 0 Å². The predicted molar refractivity (Wildman–Crippen MR) is 118 cm³/mol. The van der Waals surface area contributed by atoms with Crippen molar-refractivity contribution in [2.24, 2.45) is 0 Å². The van der Waals surface area contributed by atoms with E-state index >= 15 is 0 Å². The molecule has 0 unspecified atom stereocenters. The fraction of sp³-hybridized carbons (Fsp3) is 0.500. The molecule has 2 saturated heterocycles. The Morgan fingerprint density at radius 1 is 1.10 bits per heavy atom. The summed E-state index contributed by atoms with van der Waals surface area (Å²) >= 11 is 0. The number of rotatable bonds is 6. The number of likely N-dealkylation sites (tertiary alicyclic amines) is 1. The quantitative estimate of drug-likeness (QED) is 0.756. The van der Waals surface area contributed by atoms with E-state index in [4.69, 9.17) is 9.72 Å². The zero-order valence-electron chi connectivity index (χ0n) is 17.5. The summed E-state index contributed by atoms with van der Waals surface area (Å²) in [6.45, 7) is 7.70. The molecule has 0 saturated carbocycles. The lowest BCUT2D eigenvalue weighted by atomic mass is 10.0. The van der Waals surface area contributed by atoms with Gasteiger partial charge in [0.15, 0.2) is 0 Å². The molecule has 0 aliphatic carbocycles. The molecule has 1 aromatic heterocycles. The van der Waals surface area contributed by atoms with Gasteiger partial charge >= 0.3 is 0 Å². The number of hydrogen-bond acceptors (Lipinski definition) is 7. The Kier molecular flexibility index (Phi) is 6.76.